The Balaban J connectivity index is 2.19. The van der Waals surface area contributed by atoms with Gasteiger partial charge in [-0.3, -0.25) is 0 Å². The third-order valence-corrected chi connectivity index (χ3v) is 8.50. The Bertz CT molecular complexity index is 853. The lowest BCUT2D eigenvalue weighted by atomic mass is 9.62. The molecule has 1 aliphatic rings. The number of hydrogen-bond acceptors (Lipinski definition) is 0. The zero-order chi connectivity index (χ0) is 19.5. The second kappa shape index (κ2) is 6.05. The van der Waals surface area contributed by atoms with Gasteiger partial charge < -0.3 is 0 Å². The van der Waals surface area contributed by atoms with Crippen molar-refractivity contribution < 1.29 is 4.57 Å². The molecule has 0 unspecified atom stereocenters. The predicted octanol–water partition coefficient (Wildman–Crippen LogP) is 5.38. The van der Waals surface area contributed by atoms with Crippen LogP contribution >= 0.6 is 0 Å². The summed E-state index contributed by atoms with van der Waals surface area (Å²) >= 11 is 0. The van der Waals surface area contributed by atoms with Crippen LogP contribution in [0.2, 0.25) is 19.6 Å². The van der Waals surface area contributed by atoms with Gasteiger partial charge in [-0.2, -0.15) is 0 Å². The van der Waals surface area contributed by atoms with E-state index in [0.29, 0.717) is 0 Å². The van der Waals surface area contributed by atoms with Crippen LogP contribution in [0.15, 0.2) is 30.5 Å². The molecule has 2 aromatic rings. The van der Waals surface area contributed by atoms with Gasteiger partial charge in [0.1, 0.15) is 7.05 Å². The number of aryl methyl sites for hydroxylation is 2. The molecule has 0 spiro atoms. The molecule has 0 aliphatic heterocycles. The highest BCUT2D eigenvalue weighted by Gasteiger charge is 2.38. The first-order valence-electron chi connectivity index (χ1n) is 9.99. The summed E-state index contributed by atoms with van der Waals surface area (Å²) in [6, 6.07) is 9.66. The molecule has 0 fully saturated rings. The quantitative estimate of drug-likeness (QED) is 0.496. The predicted molar refractivity (Wildman–Crippen MR) is 116 cm³/mol. The number of rotatable bonds is 2. The Hall–Kier alpha value is -1.41. The molecule has 3 rings (SSSR count). The van der Waals surface area contributed by atoms with Crippen LogP contribution in [0.5, 0.6) is 0 Å². The number of benzene rings is 1. The highest BCUT2D eigenvalue weighted by Crippen LogP contribution is 2.47. The maximum Gasteiger partial charge on any atom is 0.212 e. The zero-order valence-corrected chi connectivity index (χ0v) is 19.2. The molecule has 0 saturated heterocycles. The normalized spacial score (nSPS) is 18.5. The van der Waals surface area contributed by atoms with Gasteiger partial charge in [0.05, 0.1) is 8.07 Å². The average molecular weight is 367 g/mol. The third-order valence-electron chi connectivity index (χ3n) is 6.47. The first-order valence-corrected chi connectivity index (χ1v) is 13.5. The molecule has 2 heteroatoms. The van der Waals surface area contributed by atoms with Gasteiger partial charge in [-0.25, -0.2) is 4.57 Å². The molecule has 140 valence electrons. The first-order chi connectivity index (χ1) is 11.8. The fourth-order valence-electron chi connectivity index (χ4n) is 4.33. The van der Waals surface area contributed by atoms with Crippen molar-refractivity contribution in [1.29, 1.82) is 0 Å². The topological polar surface area (TPSA) is 3.88 Å². The number of nitrogens with zero attached hydrogens (tertiary/aromatic N) is 1. The van der Waals surface area contributed by atoms with Crippen molar-refractivity contribution in [3.05, 3.63) is 47.2 Å². The van der Waals surface area contributed by atoms with Gasteiger partial charge in [0.15, 0.2) is 6.20 Å². The Labute approximate surface area is 161 Å². The maximum atomic E-state index is 2.50. The summed E-state index contributed by atoms with van der Waals surface area (Å²) in [4.78, 5) is 0. The van der Waals surface area contributed by atoms with Gasteiger partial charge in [0, 0.05) is 16.8 Å². The molecule has 1 aromatic carbocycles. The van der Waals surface area contributed by atoms with E-state index in [1.807, 2.05) is 0 Å². The molecule has 1 aromatic heterocycles. The summed E-state index contributed by atoms with van der Waals surface area (Å²) < 4.78 is 2.34. The smallest absolute Gasteiger partial charge is 0.201 e. The number of aromatic nitrogens is 1. The third kappa shape index (κ3) is 3.29. The molecule has 0 N–H and O–H groups in total. The van der Waals surface area contributed by atoms with Gasteiger partial charge in [-0.1, -0.05) is 59.5 Å². The van der Waals surface area contributed by atoms with E-state index in [-0.39, 0.29) is 10.8 Å². The van der Waals surface area contributed by atoms with Crippen LogP contribution in [0.1, 0.15) is 57.2 Å². The molecule has 1 nitrogen and oxygen atoms in total. The second-order valence-corrected chi connectivity index (χ2v) is 15.7. The maximum absolute atomic E-state index is 2.50. The SMILES string of the molecule is Cc1cc2c(cc1-c1ccc([Si](C)(C)C)c[n+]1C)C(C)(C)CCC2(C)C. The van der Waals surface area contributed by atoms with Crippen LogP contribution in [0.4, 0.5) is 0 Å². The molecular weight excluding hydrogens is 330 g/mol. The van der Waals surface area contributed by atoms with E-state index in [1.54, 1.807) is 11.1 Å². The minimum Gasteiger partial charge on any atom is -0.201 e. The van der Waals surface area contributed by atoms with Crippen molar-refractivity contribution in [2.75, 3.05) is 0 Å². The molecule has 0 atom stereocenters. The van der Waals surface area contributed by atoms with E-state index < -0.39 is 8.07 Å². The van der Waals surface area contributed by atoms with Crippen LogP contribution in [-0.4, -0.2) is 8.07 Å². The molecule has 0 radical (unpaired) electrons. The van der Waals surface area contributed by atoms with Crippen LogP contribution < -0.4 is 9.75 Å². The van der Waals surface area contributed by atoms with Crippen LogP contribution in [0.25, 0.3) is 11.3 Å². The van der Waals surface area contributed by atoms with Crippen LogP contribution in [-0.2, 0) is 17.9 Å². The molecule has 0 amide bonds. The zero-order valence-electron chi connectivity index (χ0n) is 18.2. The largest absolute Gasteiger partial charge is 0.212 e. The van der Waals surface area contributed by atoms with Gasteiger partial charge in [-0.05, 0) is 53.4 Å². The summed E-state index contributed by atoms with van der Waals surface area (Å²) in [5, 5.41) is 1.51. The van der Waals surface area contributed by atoms with Crippen molar-refractivity contribution in [1.82, 2.24) is 0 Å². The first kappa shape index (κ1) is 19.4. The van der Waals surface area contributed by atoms with E-state index >= 15 is 0 Å². The van der Waals surface area contributed by atoms with Crippen molar-refractivity contribution >= 4 is 13.3 Å². The second-order valence-electron chi connectivity index (χ2n) is 10.6. The Kier molecular flexibility index (Phi) is 4.51. The van der Waals surface area contributed by atoms with Gasteiger partial charge in [0.25, 0.3) is 0 Å². The fourth-order valence-corrected chi connectivity index (χ4v) is 5.49. The summed E-state index contributed by atoms with van der Waals surface area (Å²) in [5.74, 6) is 0. The van der Waals surface area contributed by atoms with E-state index in [4.69, 9.17) is 0 Å². The highest BCUT2D eigenvalue weighted by molar-refractivity contribution is 6.88. The number of fused-ring (bicyclic) bond motifs is 1. The lowest BCUT2D eigenvalue weighted by molar-refractivity contribution is -0.659. The van der Waals surface area contributed by atoms with E-state index in [1.165, 1.54) is 34.8 Å². The summed E-state index contributed by atoms with van der Waals surface area (Å²) in [6.07, 6.45) is 4.89. The summed E-state index contributed by atoms with van der Waals surface area (Å²) in [6.45, 7) is 19.2. The van der Waals surface area contributed by atoms with Gasteiger partial charge in [0.2, 0.25) is 5.69 Å². The molecule has 1 aliphatic carbocycles. The summed E-state index contributed by atoms with van der Waals surface area (Å²) in [5.41, 5.74) is 7.74. The van der Waals surface area contributed by atoms with Crippen LogP contribution in [0.3, 0.4) is 0 Å². The Morgan fingerprint density at radius 2 is 1.42 bits per heavy atom. The van der Waals surface area contributed by atoms with E-state index in [0.717, 1.165) is 0 Å². The number of pyridine rings is 1. The molecule has 1 heterocycles. The molecule has 0 saturated carbocycles. The molecule has 0 bridgehead atoms. The van der Waals surface area contributed by atoms with E-state index in [2.05, 4.69) is 96.3 Å². The number of hydrogen-bond donors (Lipinski definition) is 0. The fraction of sp³-hybridized carbons (Fsp3) is 0.542. The van der Waals surface area contributed by atoms with E-state index in [9.17, 15) is 0 Å². The highest BCUT2D eigenvalue weighted by atomic mass is 28.3. The summed E-state index contributed by atoms with van der Waals surface area (Å²) in [7, 11) is 0.913. The monoisotopic (exact) mass is 366 g/mol. The minimum atomic E-state index is -1.29. The lowest BCUT2D eigenvalue weighted by Crippen LogP contribution is -2.45. The van der Waals surface area contributed by atoms with Crippen LogP contribution in [0, 0.1) is 6.92 Å². The van der Waals surface area contributed by atoms with Gasteiger partial charge >= 0.3 is 0 Å². The van der Waals surface area contributed by atoms with Crippen molar-refractivity contribution in [3.8, 4) is 11.3 Å². The van der Waals surface area contributed by atoms with Crippen molar-refractivity contribution in [3.63, 3.8) is 0 Å². The Morgan fingerprint density at radius 1 is 0.885 bits per heavy atom. The van der Waals surface area contributed by atoms with Crippen molar-refractivity contribution in [2.45, 2.75) is 77.9 Å². The minimum absolute atomic E-state index is 0.254. The molecule has 26 heavy (non-hydrogen) atoms. The molecular formula is C24H36NSi+. The van der Waals surface area contributed by atoms with Gasteiger partial charge in [-0.15, -0.1) is 0 Å². The van der Waals surface area contributed by atoms with Crippen molar-refractivity contribution in [2.24, 2.45) is 7.05 Å². The Morgan fingerprint density at radius 3 is 1.92 bits per heavy atom. The standard InChI is InChI=1S/C24H36NSi/c1-17-14-20-21(24(4,5)13-12-23(20,2)3)15-19(17)22-11-10-18(16-25(22)6)26(7,8)9/h10-11,14-16H,12-13H2,1-9H3/q+1. The average Bonchev–Trinajstić information content (AvgIpc) is 2.51. The lowest BCUT2D eigenvalue weighted by Gasteiger charge is -2.42.